The fraction of sp³-hybridized carbons (Fsp3) is 0.625. The van der Waals surface area contributed by atoms with Gasteiger partial charge in [-0.15, -0.1) is 24.0 Å². The van der Waals surface area contributed by atoms with Gasteiger partial charge in [-0.2, -0.15) is 0 Å². The second-order valence-corrected chi connectivity index (χ2v) is 5.86. The summed E-state index contributed by atoms with van der Waals surface area (Å²) in [6, 6.07) is 5.96. The maximum Gasteiger partial charge on any atom is 0.188 e. The molecule has 0 bridgehead atoms. The van der Waals surface area contributed by atoms with Crippen LogP contribution in [0.3, 0.4) is 0 Å². The Morgan fingerprint density at radius 3 is 3.00 bits per heavy atom. The molecule has 0 spiro atoms. The number of rotatable bonds is 5. The normalized spacial score (nSPS) is 22.4. The first-order valence-electron chi connectivity index (χ1n) is 7.67. The number of hydrogen-bond donors (Lipinski definition) is 2. The summed E-state index contributed by atoms with van der Waals surface area (Å²) in [5.74, 6) is 2.14. The van der Waals surface area contributed by atoms with Crippen molar-refractivity contribution in [3.63, 3.8) is 0 Å². The van der Waals surface area contributed by atoms with E-state index in [1.807, 2.05) is 24.4 Å². The van der Waals surface area contributed by atoms with E-state index in [0.29, 0.717) is 5.96 Å². The molecule has 5 heteroatoms. The Balaban J connectivity index is 0.00000220. The van der Waals surface area contributed by atoms with Crippen LogP contribution in [0.2, 0.25) is 0 Å². The maximum absolute atomic E-state index is 5.91. The van der Waals surface area contributed by atoms with Crippen molar-refractivity contribution in [3.05, 3.63) is 30.1 Å². The quantitative estimate of drug-likeness (QED) is 0.452. The van der Waals surface area contributed by atoms with Gasteiger partial charge >= 0.3 is 0 Å². The Hall–Kier alpha value is -0.850. The molecule has 21 heavy (non-hydrogen) atoms. The molecule has 0 radical (unpaired) electrons. The monoisotopic (exact) mass is 402 g/mol. The summed E-state index contributed by atoms with van der Waals surface area (Å²) in [5, 5.41) is 3.17. The fourth-order valence-corrected chi connectivity index (χ4v) is 2.87. The Morgan fingerprint density at radius 1 is 1.43 bits per heavy atom. The van der Waals surface area contributed by atoms with Crippen LogP contribution in [0.4, 0.5) is 0 Å². The van der Waals surface area contributed by atoms with E-state index in [1.165, 1.54) is 25.7 Å². The lowest BCUT2D eigenvalue weighted by atomic mass is 9.82. The SMILES string of the molecule is CC1CCCC(CN=C(N)NCCc2ccccn2)C1.I. The molecule has 0 amide bonds. The third-order valence-electron chi connectivity index (χ3n) is 3.98. The third kappa shape index (κ3) is 7.11. The lowest BCUT2D eigenvalue weighted by Crippen LogP contribution is -2.34. The van der Waals surface area contributed by atoms with Gasteiger partial charge in [0.1, 0.15) is 0 Å². The van der Waals surface area contributed by atoms with E-state index < -0.39 is 0 Å². The van der Waals surface area contributed by atoms with Crippen molar-refractivity contribution >= 4 is 29.9 Å². The van der Waals surface area contributed by atoms with Crippen LogP contribution in [-0.2, 0) is 6.42 Å². The molecule has 0 aromatic carbocycles. The first kappa shape index (κ1) is 18.2. The molecule has 2 atom stereocenters. The standard InChI is InChI=1S/C16H26N4.HI/c1-13-5-4-6-14(11-13)12-20-16(17)19-10-8-15-7-2-3-9-18-15;/h2-3,7,9,13-14H,4-6,8,10-12H2,1H3,(H3,17,19,20);1H. The second-order valence-electron chi connectivity index (χ2n) is 5.86. The number of nitrogens with zero attached hydrogens (tertiary/aromatic N) is 2. The van der Waals surface area contributed by atoms with E-state index in [2.05, 4.69) is 22.2 Å². The van der Waals surface area contributed by atoms with Crippen LogP contribution in [0.25, 0.3) is 0 Å². The minimum absolute atomic E-state index is 0. The van der Waals surface area contributed by atoms with Crippen LogP contribution in [-0.4, -0.2) is 24.0 Å². The molecule has 118 valence electrons. The van der Waals surface area contributed by atoms with Crippen LogP contribution in [0.15, 0.2) is 29.4 Å². The van der Waals surface area contributed by atoms with Crippen LogP contribution in [0, 0.1) is 11.8 Å². The predicted molar refractivity (Wildman–Crippen MR) is 99.0 cm³/mol. The predicted octanol–water partition coefficient (Wildman–Crippen LogP) is 2.97. The zero-order valence-corrected chi connectivity index (χ0v) is 15.1. The van der Waals surface area contributed by atoms with Gasteiger partial charge in [-0.3, -0.25) is 9.98 Å². The van der Waals surface area contributed by atoms with Crippen molar-refractivity contribution in [1.82, 2.24) is 10.3 Å². The zero-order chi connectivity index (χ0) is 14.2. The van der Waals surface area contributed by atoms with Gasteiger partial charge in [-0.25, -0.2) is 0 Å². The number of pyridine rings is 1. The summed E-state index contributed by atoms with van der Waals surface area (Å²) in [4.78, 5) is 8.76. The molecule has 1 aromatic rings. The third-order valence-corrected chi connectivity index (χ3v) is 3.98. The zero-order valence-electron chi connectivity index (χ0n) is 12.8. The number of hydrogen-bond acceptors (Lipinski definition) is 2. The molecule has 2 rings (SSSR count). The molecular weight excluding hydrogens is 375 g/mol. The van der Waals surface area contributed by atoms with Gasteiger partial charge < -0.3 is 11.1 Å². The first-order valence-corrected chi connectivity index (χ1v) is 7.67. The molecular formula is C16H27IN4. The van der Waals surface area contributed by atoms with E-state index in [-0.39, 0.29) is 24.0 Å². The van der Waals surface area contributed by atoms with Crippen LogP contribution >= 0.6 is 24.0 Å². The average Bonchev–Trinajstić information content (AvgIpc) is 2.46. The number of halogens is 1. The van der Waals surface area contributed by atoms with Crippen molar-refractivity contribution in [1.29, 1.82) is 0 Å². The van der Waals surface area contributed by atoms with Gasteiger partial charge in [-0.05, 0) is 36.8 Å². The summed E-state index contributed by atoms with van der Waals surface area (Å²) >= 11 is 0. The molecule has 1 aliphatic carbocycles. The Labute approximate surface area is 145 Å². The molecule has 4 nitrogen and oxygen atoms in total. The summed E-state index contributed by atoms with van der Waals surface area (Å²) < 4.78 is 0. The highest BCUT2D eigenvalue weighted by atomic mass is 127. The van der Waals surface area contributed by atoms with Crippen molar-refractivity contribution in [2.45, 2.75) is 39.0 Å². The largest absolute Gasteiger partial charge is 0.370 e. The van der Waals surface area contributed by atoms with E-state index in [1.54, 1.807) is 0 Å². The molecule has 3 N–H and O–H groups in total. The fourth-order valence-electron chi connectivity index (χ4n) is 2.87. The molecule has 0 saturated heterocycles. The second kappa shape index (κ2) is 9.97. The number of nitrogens with one attached hydrogen (secondary N) is 1. The molecule has 1 fully saturated rings. The Kier molecular flexibility index (Phi) is 8.64. The van der Waals surface area contributed by atoms with E-state index in [4.69, 9.17) is 5.73 Å². The smallest absolute Gasteiger partial charge is 0.188 e. The number of nitrogens with two attached hydrogens (primary N) is 1. The average molecular weight is 402 g/mol. The highest BCUT2D eigenvalue weighted by Crippen LogP contribution is 2.28. The molecule has 1 aromatic heterocycles. The highest BCUT2D eigenvalue weighted by Gasteiger charge is 2.18. The minimum Gasteiger partial charge on any atom is -0.370 e. The molecule has 0 aliphatic heterocycles. The van der Waals surface area contributed by atoms with Gasteiger partial charge in [0.05, 0.1) is 0 Å². The molecule has 1 saturated carbocycles. The maximum atomic E-state index is 5.91. The van der Waals surface area contributed by atoms with Crippen LogP contribution < -0.4 is 11.1 Å². The van der Waals surface area contributed by atoms with Gasteiger partial charge in [-0.1, -0.05) is 25.8 Å². The topological polar surface area (TPSA) is 63.3 Å². The minimum atomic E-state index is 0. The first-order chi connectivity index (χ1) is 9.74. The van der Waals surface area contributed by atoms with Crippen molar-refractivity contribution < 1.29 is 0 Å². The van der Waals surface area contributed by atoms with E-state index in [9.17, 15) is 0 Å². The number of aliphatic imine (C=N–C) groups is 1. The van der Waals surface area contributed by atoms with Crippen LogP contribution in [0.5, 0.6) is 0 Å². The van der Waals surface area contributed by atoms with Gasteiger partial charge in [0, 0.05) is 31.4 Å². The summed E-state index contributed by atoms with van der Waals surface area (Å²) in [5.41, 5.74) is 6.99. The van der Waals surface area contributed by atoms with Crippen LogP contribution in [0.1, 0.15) is 38.3 Å². The van der Waals surface area contributed by atoms with Crippen molar-refractivity contribution in [2.75, 3.05) is 13.1 Å². The van der Waals surface area contributed by atoms with Gasteiger partial charge in [0.25, 0.3) is 0 Å². The Bertz CT molecular complexity index is 422. The summed E-state index contributed by atoms with van der Waals surface area (Å²) in [7, 11) is 0. The highest BCUT2D eigenvalue weighted by molar-refractivity contribution is 14.0. The number of aromatic nitrogens is 1. The number of guanidine groups is 1. The summed E-state index contributed by atoms with van der Waals surface area (Å²) in [6.07, 6.45) is 8.00. The van der Waals surface area contributed by atoms with E-state index >= 15 is 0 Å². The van der Waals surface area contributed by atoms with Crippen molar-refractivity contribution in [3.8, 4) is 0 Å². The molecule has 1 aliphatic rings. The summed E-state index contributed by atoms with van der Waals surface area (Å²) in [6.45, 7) is 3.99. The van der Waals surface area contributed by atoms with Gasteiger partial charge in [0.2, 0.25) is 0 Å². The molecule has 2 unspecified atom stereocenters. The lowest BCUT2D eigenvalue weighted by Gasteiger charge is -2.25. The van der Waals surface area contributed by atoms with E-state index in [0.717, 1.165) is 37.0 Å². The van der Waals surface area contributed by atoms with Gasteiger partial charge in [0.15, 0.2) is 5.96 Å². The lowest BCUT2D eigenvalue weighted by molar-refractivity contribution is 0.289. The van der Waals surface area contributed by atoms with Crippen molar-refractivity contribution in [2.24, 2.45) is 22.6 Å². The molecule has 1 heterocycles. The Morgan fingerprint density at radius 2 is 2.29 bits per heavy atom.